The van der Waals surface area contributed by atoms with E-state index in [9.17, 15) is 13.2 Å². The summed E-state index contributed by atoms with van der Waals surface area (Å²) in [5.74, 6) is 0.202. The van der Waals surface area contributed by atoms with Crippen molar-refractivity contribution in [2.75, 3.05) is 31.5 Å². The van der Waals surface area contributed by atoms with E-state index in [1.54, 1.807) is 18.3 Å². The molecule has 1 fully saturated rings. The smallest absolute Gasteiger partial charge is 0.383 e. The zero-order valence-electron chi connectivity index (χ0n) is 10.8. The molecule has 7 heteroatoms. The van der Waals surface area contributed by atoms with Gasteiger partial charge in [0, 0.05) is 13.1 Å². The third kappa shape index (κ3) is 4.38. The summed E-state index contributed by atoms with van der Waals surface area (Å²) < 4.78 is 36.8. The fourth-order valence-electron chi connectivity index (χ4n) is 2.30. The normalized spacial score (nSPS) is 19.8. The summed E-state index contributed by atoms with van der Waals surface area (Å²) in [4.78, 5) is 5.36. The third-order valence-corrected chi connectivity index (χ3v) is 3.25. The van der Waals surface area contributed by atoms with Crippen molar-refractivity contribution < 1.29 is 13.2 Å². The second-order valence-electron chi connectivity index (χ2n) is 4.93. The van der Waals surface area contributed by atoms with Crippen LogP contribution in [0.2, 0.25) is 0 Å². The van der Waals surface area contributed by atoms with Gasteiger partial charge in [-0.25, -0.2) is 4.98 Å². The maximum Gasteiger partial charge on any atom is 0.401 e. The Labute approximate surface area is 115 Å². The Kier molecular flexibility index (Phi) is 4.45. The van der Waals surface area contributed by atoms with Gasteiger partial charge in [0.15, 0.2) is 0 Å². The van der Waals surface area contributed by atoms with E-state index in [4.69, 9.17) is 5.26 Å². The topological polar surface area (TPSA) is 52.0 Å². The summed E-state index contributed by atoms with van der Waals surface area (Å²) >= 11 is 0. The van der Waals surface area contributed by atoms with Crippen molar-refractivity contribution in [3.8, 4) is 6.07 Å². The van der Waals surface area contributed by atoms with Crippen LogP contribution in [0.15, 0.2) is 18.3 Å². The van der Waals surface area contributed by atoms with Crippen LogP contribution < -0.4 is 5.32 Å². The predicted octanol–water partition coefficient (Wildman–Crippen LogP) is 2.25. The van der Waals surface area contributed by atoms with Crippen molar-refractivity contribution in [3.63, 3.8) is 0 Å². The number of rotatable bonds is 4. The average Bonchev–Trinajstić information content (AvgIpc) is 2.82. The van der Waals surface area contributed by atoms with Crippen LogP contribution in [0.1, 0.15) is 12.1 Å². The minimum atomic E-state index is -4.13. The summed E-state index contributed by atoms with van der Waals surface area (Å²) in [7, 11) is 0. The molecule has 1 aromatic heterocycles. The van der Waals surface area contributed by atoms with E-state index >= 15 is 0 Å². The van der Waals surface area contributed by atoms with E-state index in [1.807, 2.05) is 6.07 Å². The average molecular weight is 284 g/mol. The minimum Gasteiger partial charge on any atom is -0.383 e. The lowest BCUT2D eigenvalue weighted by molar-refractivity contribution is -0.143. The van der Waals surface area contributed by atoms with Gasteiger partial charge >= 0.3 is 6.18 Å². The van der Waals surface area contributed by atoms with Gasteiger partial charge < -0.3 is 5.32 Å². The van der Waals surface area contributed by atoms with Gasteiger partial charge in [-0.05, 0) is 31.0 Å². The van der Waals surface area contributed by atoms with Crippen molar-refractivity contribution in [1.29, 1.82) is 5.26 Å². The van der Waals surface area contributed by atoms with E-state index in [0.717, 1.165) is 12.1 Å². The Hall–Kier alpha value is -1.81. The predicted molar refractivity (Wildman–Crippen MR) is 68.0 cm³/mol. The standard InChI is InChI=1S/C13H15F3N4/c14-13(15,16)9-20-4-3-10(8-20)6-18-12-2-1-11(5-17)19-7-12/h1-2,7,10,18H,3-4,6,8-9H2/t10-/m0/s1. The van der Waals surface area contributed by atoms with Crippen molar-refractivity contribution in [2.45, 2.75) is 12.6 Å². The van der Waals surface area contributed by atoms with E-state index < -0.39 is 12.7 Å². The molecule has 0 aliphatic carbocycles. The van der Waals surface area contributed by atoms with E-state index in [0.29, 0.717) is 25.3 Å². The Bertz CT molecular complexity index is 478. The zero-order chi connectivity index (χ0) is 14.6. The zero-order valence-corrected chi connectivity index (χ0v) is 10.8. The first-order chi connectivity index (χ1) is 9.46. The Balaban J connectivity index is 1.76. The van der Waals surface area contributed by atoms with Crippen LogP contribution in [0, 0.1) is 17.2 Å². The molecule has 1 aliphatic rings. The molecule has 108 valence electrons. The number of nitrogens with one attached hydrogen (secondary N) is 1. The fraction of sp³-hybridized carbons (Fsp3) is 0.538. The molecule has 4 nitrogen and oxygen atoms in total. The van der Waals surface area contributed by atoms with E-state index in [2.05, 4.69) is 10.3 Å². The number of pyridine rings is 1. The molecular formula is C13H15F3N4. The third-order valence-electron chi connectivity index (χ3n) is 3.25. The van der Waals surface area contributed by atoms with E-state index in [1.165, 1.54) is 4.90 Å². The van der Waals surface area contributed by atoms with Crippen molar-refractivity contribution in [3.05, 3.63) is 24.0 Å². The second kappa shape index (κ2) is 6.09. The molecule has 1 N–H and O–H groups in total. The lowest BCUT2D eigenvalue weighted by Crippen LogP contribution is -2.33. The molecule has 20 heavy (non-hydrogen) atoms. The lowest BCUT2D eigenvalue weighted by Gasteiger charge is -2.18. The number of nitrogens with zero attached hydrogens (tertiary/aromatic N) is 3. The molecule has 2 heterocycles. The van der Waals surface area contributed by atoms with Crippen molar-refractivity contribution >= 4 is 5.69 Å². The van der Waals surface area contributed by atoms with Gasteiger partial charge in [-0.15, -0.1) is 0 Å². The summed E-state index contributed by atoms with van der Waals surface area (Å²) in [6.45, 7) is 0.720. The van der Waals surface area contributed by atoms with Crippen LogP contribution >= 0.6 is 0 Å². The molecule has 0 aromatic carbocycles. The molecule has 1 atom stereocenters. The number of alkyl halides is 3. The summed E-state index contributed by atoms with van der Waals surface area (Å²) in [5, 5.41) is 11.8. The molecule has 0 spiro atoms. The molecule has 0 bridgehead atoms. The number of aromatic nitrogens is 1. The number of nitriles is 1. The SMILES string of the molecule is N#Cc1ccc(NC[C@@H]2CCN(CC(F)(F)F)C2)cn1. The summed E-state index contributed by atoms with van der Waals surface area (Å²) in [6, 6.07) is 5.27. The van der Waals surface area contributed by atoms with Crippen LogP contribution in [-0.4, -0.2) is 42.2 Å². The molecule has 1 aliphatic heterocycles. The largest absolute Gasteiger partial charge is 0.401 e. The summed E-state index contributed by atoms with van der Waals surface area (Å²) in [6.07, 6.45) is -1.81. The molecule has 0 unspecified atom stereocenters. The van der Waals surface area contributed by atoms with Gasteiger partial charge in [0.1, 0.15) is 11.8 Å². The van der Waals surface area contributed by atoms with Crippen LogP contribution in [0.4, 0.5) is 18.9 Å². The van der Waals surface area contributed by atoms with Gasteiger partial charge in [0.25, 0.3) is 0 Å². The lowest BCUT2D eigenvalue weighted by atomic mass is 10.1. The van der Waals surface area contributed by atoms with Crippen molar-refractivity contribution in [2.24, 2.45) is 5.92 Å². The Morgan fingerprint density at radius 1 is 1.45 bits per heavy atom. The van der Waals surface area contributed by atoms with Gasteiger partial charge in [0.2, 0.25) is 0 Å². The van der Waals surface area contributed by atoms with Crippen LogP contribution in [0.25, 0.3) is 0 Å². The highest BCUT2D eigenvalue weighted by Crippen LogP contribution is 2.23. The van der Waals surface area contributed by atoms with Crippen LogP contribution in [-0.2, 0) is 0 Å². The maximum atomic E-state index is 12.3. The molecule has 1 saturated heterocycles. The number of halogens is 3. The van der Waals surface area contributed by atoms with Crippen molar-refractivity contribution in [1.82, 2.24) is 9.88 Å². The van der Waals surface area contributed by atoms with Gasteiger partial charge in [0.05, 0.1) is 18.4 Å². The van der Waals surface area contributed by atoms with Gasteiger partial charge in [-0.1, -0.05) is 0 Å². The quantitative estimate of drug-likeness (QED) is 0.921. The summed E-state index contributed by atoms with van der Waals surface area (Å²) in [5.41, 5.74) is 1.12. The molecule has 1 aromatic rings. The monoisotopic (exact) mass is 284 g/mol. The van der Waals surface area contributed by atoms with Gasteiger partial charge in [-0.3, -0.25) is 4.90 Å². The minimum absolute atomic E-state index is 0.202. The molecule has 0 amide bonds. The number of likely N-dealkylation sites (tertiary alicyclic amines) is 1. The first kappa shape index (κ1) is 14.6. The molecule has 0 saturated carbocycles. The first-order valence-electron chi connectivity index (χ1n) is 6.35. The molecular weight excluding hydrogens is 269 g/mol. The number of anilines is 1. The van der Waals surface area contributed by atoms with Crippen LogP contribution in [0.5, 0.6) is 0 Å². The maximum absolute atomic E-state index is 12.3. The highest BCUT2D eigenvalue weighted by Gasteiger charge is 2.34. The van der Waals surface area contributed by atoms with Gasteiger partial charge in [-0.2, -0.15) is 18.4 Å². The highest BCUT2D eigenvalue weighted by atomic mass is 19.4. The number of hydrogen-bond donors (Lipinski definition) is 1. The van der Waals surface area contributed by atoms with E-state index in [-0.39, 0.29) is 5.92 Å². The first-order valence-corrected chi connectivity index (χ1v) is 6.35. The molecule has 0 radical (unpaired) electrons. The fourth-order valence-corrected chi connectivity index (χ4v) is 2.30. The second-order valence-corrected chi connectivity index (χ2v) is 4.93. The molecule has 2 rings (SSSR count). The number of hydrogen-bond acceptors (Lipinski definition) is 4. The van der Waals surface area contributed by atoms with Crippen LogP contribution in [0.3, 0.4) is 0 Å². The Morgan fingerprint density at radius 3 is 2.85 bits per heavy atom. The Morgan fingerprint density at radius 2 is 2.25 bits per heavy atom. The highest BCUT2D eigenvalue weighted by molar-refractivity contribution is 5.42.